The van der Waals surface area contributed by atoms with E-state index in [1.807, 2.05) is 30.3 Å². The minimum absolute atomic E-state index is 1.09. The van der Waals surface area contributed by atoms with Gasteiger partial charge in [0.1, 0.15) is 0 Å². The first-order valence-electron chi connectivity index (χ1n) is 5.68. The van der Waals surface area contributed by atoms with E-state index in [9.17, 15) is 0 Å². The molecule has 0 aliphatic rings. The summed E-state index contributed by atoms with van der Waals surface area (Å²) < 4.78 is 4.04. The maximum Gasteiger partial charge on any atom is -0.162 e. The van der Waals surface area contributed by atoms with Gasteiger partial charge in [0.15, 0.2) is 0 Å². The summed E-state index contributed by atoms with van der Waals surface area (Å²) in [5.41, 5.74) is 0. The Kier molecular flexibility index (Phi) is 38.5. The molecule has 0 amide bonds. The fourth-order valence-electron chi connectivity index (χ4n) is 0.550. The van der Waals surface area contributed by atoms with Crippen molar-refractivity contribution in [2.45, 2.75) is 19.8 Å². The van der Waals surface area contributed by atoms with Crippen molar-refractivity contribution < 1.29 is 20.9 Å². The third kappa shape index (κ3) is 49.4. The summed E-state index contributed by atoms with van der Waals surface area (Å²) in [5.74, 6) is 0. The van der Waals surface area contributed by atoms with E-state index in [0.29, 0.717) is 0 Å². The smallest absolute Gasteiger partial charge is 0.162 e. The summed E-state index contributed by atoms with van der Waals surface area (Å²) >= 11 is 1.19. The van der Waals surface area contributed by atoms with Crippen molar-refractivity contribution in [2.75, 3.05) is 34.7 Å². The molecule has 0 aromatic heterocycles. The van der Waals surface area contributed by atoms with Crippen LogP contribution in [0.3, 0.4) is 0 Å². The third-order valence-electron chi connectivity index (χ3n) is 1.17. The molecule has 1 aromatic rings. The number of unbranched alkanes of at least 4 members (excludes halogenated alkanes) is 1. The monoisotopic (exact) mass is 405 g/mol. The van der Waals surface area contributed by atoms with E-state index in [1.165, 1.54) is 33.7 Å². The van der Waals surface area contributed by atoms with Crippen LogP contribution in [0.4, 0.5) is 0 Å². The zero-order valence-corrected chi connectivity index (χ0v) is 15.0. The SMILES string of the molecule is CCCC[N]=[Ta].C[N-]C.C[N-]C.c1cc[cH-]c1. The van der Waals surface area contributed by atoms with Crippen LogP contribution >= 0.6 is 0 Å². The van der Waals surface area contributed by atoms with Crippen molar-refractivity contribution in [3.8, 4) is 0 Å². The van der Waals surface area contributed by atoms with Gasteiger partial charge in [0.05, 0.1) is 0 Å². The summed E-state index contributed by atoms with van der Waals surface area (Å²) in [7, 11) is 7.00. The average Bonchev–Trinajstić information content (AvgIpc) is 2.87. The molecule has 0 aliphatic carbocycles. The molecule has 0 radical (unpaired) electrons. The van der Waals surface area contributed by atoms with Crippen LogP contribution in [0.2, 0.25) is 0 Å². The topological polar surface area (TPSA) is 40.6 Å². The normalized spacial score (nSPS) is 7.29. The van der Waals surface area contributed by atoms with E-state index < -0.39 is 0 Å². The summed E-state index contributed by atoms with van der Waals surface area (Å²) in [4.78, 5) is 0. The first-order valence-corrected chi connectivity index (χ1v) is 7.12. The van der Waals surface area contributed by atoms with E-state index in [0.717, 1.165) is 6.54 Å². The van der Waals surface area contributed by atoms with E-state index in [-0.39, 0.29) is 0 Å². The molecule has 0 fully saturated rings. The van der Waals surface area contributed by atoms with Gasteiger partial charge in [-0.05, 0) is 0 Å². The standard InChI is InChI=1S/C5H5.C4H9N.2C2H6N.Ta/c1-2-4-5-3-1;1-2-3-4-5;2*1-3-2;/h1-5H;2-4H2,1H3;2*1-2H3;/q-1;;2*-1;. The van der Waals surface area contributed by atoms with Gasteiger partial charge in [0, 0.05) is 0 Å². The molecular formula is C13H26N3Ta-3. The molecule has 0 spiro atoms. The first-order chi connectivity index (χ1) is 8.24. The molecule has 0 unspecified atom stereocenters. The fraction of sp³-hybridized carbons (Fsp3) is 0.615. The van der Waals surface area contributed by atoms with Gasteiger partial charge in [0.25, 0.3) is 0 Å². The number of nitrogens with zero attached hydrogens (tertiary/aromatic N) is 3. The maximum absolute atomic E-state index is 4.04. The zero-order valence-electron chi connectivity index (χ0n) is 11.8. The van der Waals surface area contributed by atoms with Crippen LogP contribution < -0.4 is 0 Å². The van der Waals surface area contributed by atoms with E-state index in [4.69, 9.17) is 0 Å². The maximum atomic E-state index is 4.04. The van der Waals surface area contributed by atoms with Crippen LogP contribution in [-0.2, 0) is 20.9 Å². The molecule has 1 aromatic carbocycles. The molecule has 101 valence electrons. The molecule has 0 heterocycles. The van der Waals surface area contributed by atoms with Crippen LogP contribution in [0.5, 0.6) is 0 Å². The van der Waals surface area contributed by atoms with Crippen molar-refractivity contribution in [1.82, 2.24) is 0 Å². The Labute approximate surface area is 120 Å². The van der Waals surface area contributed by atoms with E-state index in [2.05, 4.69) is 20.9 Å². The number of rotatable bonds is 3. The Morgan fingerprint density at radius 1 is 1.06 bits per heavy atom. The molecule has 3 nitrogen and oxygen atoms in total. The van der Waals surface area contributed by atoms with Crippen LogP contribution in [0.25, 0.3) is 10.6 Å². The minimum Gasteiger partial charge on any atom is -0.668 e. The second-order valence-electron chi connectivity index (χ2n) is 3.08. The summed E-state index contributed by atoms with van der Waals surface area (Å²) in [6.45, 7) is 3.27. The Hall–Kier alpha value is -0.190. The van der Waals surface area contributed by atoms with Crippen molar-refractivity contribution in [2.24, 2.45) is 3.34 Å². The van der Waals surface area contributed by atoms with Gasteiger partial charge < -0.3 is 10.6 Å². The molecule has 0 aliphatic heterocycles. The fourth-order valence-corrected chi connectivity index (χ4v) is 1.06. The molecule has 0 N–H and O–H groups in total. The quantitative estimate of drug-likeness (QED) is 0.535. The summed E-state index contributed by atoms with van der Waals surface area (Å²) in [6.07, 6.45) is 2.55. The van der Waals surface area contributed by atoms with Crippen LogP contribution in [0, 0.1) is 0 Å². The zero-order chi connectivity index (χ0) is 13.8. The first kappa shape index (κ1) is 22.0. The molecule has 0 bridgehead atoms. The Morgan fingerprint density at radius 3 is 1.59 bits per heavy atom. The molecule has 0 saturated heterocycles. The molecular weight excluding hydrogens is 379 g/mol. The number of hydrogen-bond acceptors (Lipinski definition) is 1. The molecule has 17 heavy (non-hydrogen) atoms. The van der Waals surface area contributed by atoms with Crippen LogP contribution in [-0.4, -0.2) is 34.7 Å². The Morgan fingerprint density at radius 2 is 1.47 bits per heavy atom. The Bertz CT molecular complexity index is 158. The van der Waals surface area contributed by atoms with Gasteiger partial charge in [-0.2, -0.15) is 46.4 Å². The van der Waals surface area contributed by atoms with Gasteiger partial charge in [-0.25, -0.2) is 12.1 Å². The molecule has 1 rings (SSSR count). The van der Waals surface area contributed by atoms with Crippen LogP contribution in [0.15, 0.2) is 33.7 Å². The summed E-state index contributed by atoms with van der Waals surface area (Å²) in [6, 6.07) is 10.0. The minimum atomic E-state index is 1.09. The van der Waals surface area contributed by atoms with Crippen molar-refractivity contribution in [3.05, 3.63) is 41.0 Å². The second kappa shape index (κ2) is 29.7. The van der Waals surface area contributed by atoms with Gasteiger partial charge in [0.2, 0.25) is 0 Å². The molecule has 4 heteroatoms. The summed E-state index contributed by atoms with van der Waals surface area (Å²) in [5, 5.41) is 7.00. The molecule has 0 saturated carbocycles. The van der Waals surface area contributed by atoms with Gasteiger partial charge in [-0.3, -0.25) is 0 Å². The van der Waals surface area contributed by atoms with Crippen LogP contribution in [0.1, 0.15) is 19.8 Å². The second-order valence-corrected chi connectivity index (χ2v) is 4.09. The van der Waals surface area contributed by atoms with Crippen molar-refractivity contribution in [3.63, 3.8) is 0 Å². The molecule has 0 atom stereocenters. The number of hydrogen-bond donors (Lipinski definition) is 0. The van der Waals surface area contributed by atoms with Gasteiger partial charge >= 0.3 is 50.5 Å². The predicted octanol–water partition coefficient (Wildman–Crippen LogP) is 4.16. The largest absolute Gasteiger partial charge is 0.668 e. The Balaban J connectivity index is -0.000000162. The third-order valence-corrected chi connectivity index (χ3v) is 1.89. The average molecular weight is 405 g/mol. The van der Waals surface area contributed by atoms with Gasteiger partial charge in [-0.1, -0.05) is 0 Å². The van der Waals surface area contributed by atoms with Gasteiger partial charge in [-0.15, -0.1) is 0 Å². The van der Waals surface area contributed by atoms with E-state index in [1.54, 1.807) is 28.2 Å². The van der Waals surface area contributed by atoms with Crippen molar-refractivity contribution >= 4 is 0 Å². The predicted molar refractivity (Wildman–Crippen MR) is 74.7 cm³/mol. The van der Waals surface area contributed by atoms with Crippen molar-refractivity contribution in [1.29, 1.82) is 0 Å². The van der Waals surface area contributed by atoms with E-state index >= 15 is 0 Å².